The third kappa shape index (κ3) is 3.68. The van der Waals surface area contributed by atoms with E-state index < -0.39 is 0 Å². The van der Waals surface area contributed by atoms with Crippen molar-refractivity contribution in [1.82, 2.24) is 34.4 Å². The summed E-state index contributed by atoms with van der Waals surface area (Å²) in [6.45, 7) is 7.44. The number of nitrogens with zero attached hydrogens (tertiary/aromatic N) is 7. The van der Waals surface area contributed by atoms with Gasteiger partial charge in [0.05, 0.1) is 12.2 Å². The van der Waals surface area contributed by atoms with Gasteiger partial charge >= 0.3 is 0 Å². The summed E-state index contributed by atoms with van der Waals surface area (Å²) in [4.78, 5) is 29.9. The predicted molar refractivity (Wildman–Crippen MR) is 97.2 cm³/mol. The Hall–Kier alpha value is -2.81. The molecule has 27 heavy (non-hydrogen) atoms. The maximum Gasteiger partial charge on any atom is 0.291 e. The summed E-state index contributed by atoms with van der Waals surface area (Å²) in [6, 6.07) is 1.83. The highest BCUT2D eigenvalue weighted by molar-refractivity contribution is 5.92. The molecular formula is C18H23N7O2. The van der Waals surface area contributed by atoms with Crippen LogP contribution in [0.2, 0.25) is 0 Å². The Bertz CT molecular complexity index is 915. The van der Waals surface area contributed by atoms with Gasteiger partial charge in [-0.1, -0.05) is 6.92 Å². The molecule has 0 aliphatic carbocycles. The van der Waals surface area contributed by atoms with Gasteiger partial charge in [-0.25, -0.2) is 14.5 Å². The molecule has 9 nitrogen and oxygen atoms in total. The Kier molecular flexibility index (Phi) is 4.85. The van der Waals surface area contributed by atoms with Crippen LogP contribution in [0.1, 0.15) is 41.3 Å². The minimum absolute atomic E-state index is 0.0726. The van der Waals surface area contributed by atoms with Gasteiger partial charge in [0.2, 0.25) is 5.76 Å². The van der Waals surface area contributed by atoms with Crippen LogP contribution in [0.5, 0.6) is 0 Å². The summed E-state index contributed by atoms with van der Waals surface area (Å²) < 4.78 is 7.31. The lowest BCUT2D eigenvalue weighted by molar-refractivity contribution is 0.0726. The monoisotopic (exact) mass is 369 g/mol. The molecule has 1 fully saturated rings. The van der Waals surface area contributed by atoms with E-state index in [1.807, 2.05) is 31.0 Å². The zero-order chi connectivity index (χ0) is 18.8. The lowest BCUT2D eigenvalue weighted by Crippen LogP contribution is -2.35. The van der Waals surface area contributed by atoms with Crippen molar-refractivity contribution in [3.05, 3.63) is 41.6 Å². The molecule has 1 aliphatic rings. The maximum absolute atomic E-state index is 12.8. The van der Waals surface area contributed by atoms with Crippen molar-refractivity contribution >= 4 is 11.7 Å². The van der Waals surface area contributed by atoms with Crippen LogP contribution in [-0.2, 0) is 13.0 Å². The van der Waals surface area contributed by atoms with Crippen molar-refractivity contribution in [3.8, 4) is 0 Å². The standard InChI is InChI=1S/C18H23N7O2/c1-3-15-20-13(2)16(27-15)17(26)24-8-5-7-23(10-11-24)12-14-21-18-19-6-4-9-25(18)22-14/h4,6,9H,3,5,7-8,10-12H2,1-2H3. The molecule has 0 N–H and O–H groups in total. The second-order valence-electron chi connectivity index (χ2n) is 6.69. The molecule has 0 aromatic carbocycles. The number of carbonyl (C=O) groups is 1. The van der Waals surface area contributed by atoms with Crippen LogP contribution in [0, 0.1) is 6.92 Å². The molecule has 0 unspecified atom stereocenters. The number of rotatable bonds is 4. The third-order valence-corrected chi connectivity index (χ3v) is 4.74. The molecular weight excluding hydrogens is 346 g/mol. The van der Waals surface area contributed by atoms with Crippen molar-refractivity contribution in [2.75, 3.05) is 26.2 Å². The van der Waals surface area contributed by atoms with Gasteiger partial charge in [-0.15, -0.1) is 5.10 Å². The molecule has 142 valence electrons. The molecule has 1 saturated heterocycles. The van der Waals surface area contributed by atoms with Crippen LogP contribution in [0.25, 0.3) is 5.78 Å². The zero-order valence-electron chi connectivity index (χ0n) is 15.6. The Morgan fingerprint density at radius 3 is 2.89 bits per heavy atom. The summed E-state index contributed by atoms with van der Waals surface area (Å²) in [7, 11) is 0. The second-order valence-corrected chi connectivity index (χ2v) is 6.69. The highest BCUT2D eigenvalue weighted by Gasteiger charge is 2.25. The normalized spacial score (nSPS) is 16.0. The fourth-order valence-corrected chi connectivity index (χ4v) is 3.32. The highest BCUT2D eigenvalue weighted by Crippen LogP contribution is 2.16. The average molecular weight is 369 g/mol. The Morgan fingerprint density at radius 1 is 1.22 bits per heavy atom. The molecule has 1 aliphatic heterocycles. The first-order valence-corrected chi connectivity index (χ1v) is 9.28. The van der Waals surface area contributed by atoms with Crippen molar-refractivity contribution in [2.24, 2.45) is 0 Å². The van der Waals surface area contributed by atoms with Gasteiger partial charge in [-0.2, -0.15) is 4.98 Å². The minimum Gasteiger partial charge on any atom is -0.435 e. The second kappa shape index (κ2) is 7.43. The molecule has 4 heterocycles. The predicted octanol–water partition coefficient (Wildman–Crippen LogP) is 1.33. The Labute approximate surface area is 157 Å². The Balaban J connectivity index is 1.41. The molecule has 4 rings (SSSR count). The first kappa shape index (κ1) is 17.6. The first-order valence-electron chi connectivity index (χ1n) is 9.28. The number of amides is 1. The van der Waals surface area contributed by atoms with E-state index in [4.69, 9.17) is 4.42 Å². The van der Waals surface area contributed by atoms with Crippen LogP contribution in [-0.4, -0.2) is 66.5 Å². The fourth-order valence-electron chi connectivity index (χ4n) is 3.32. The van der Waals surface area contributed by atoms with E-state index in [0.29, 0.717) is 49.2 Å². The van der Waals surface area contributed by atoms with E-state index in [-0.39, 0.29) is 5.91 Å². The molecule has 0 saturated carbocycles. The maximum atomic E-state index is 12.8. The van der Waals surface area contributed by atoms with Crippen LogP contribution in [0.4, 0.5) is 0 Å². The molecule has 0 radical (unpaired) electrons. The third-order valence-electron chi connectivity index (χ3n) is 4.74. The highest BCUT2D eigenvalue weighted by atomic mass is 16.4. The van der Waals surface area contributed by atoms with Gasteiger partial charge in [-0.3, -0.25) is 9.69 Å². The SMILES string of the molecule is CCc1nc(C)c(C(=O)N2CCCN(Cc3nc4ncccn4n3)CC2)o1. The minimum atomic E-state index is -0.0726. The van der Waals surface area contributed by atoms with Gasteiger partial charge in [0.15, 0.2) is 11.7 Å². The number of hydrogen-bond donors (Lipinski definition) is 0. The lowest BCUT2D eigenvalue weighted by atomic mass is 10.3. The molecule has 0 spiro atoms. The molecule has 3 aromatic rings. The zero-order valence-corrected chi connectivity index (χ0v) is 15.6. The molecule has 3 aromatic heterocycles. The quantitative estimate of drug-likeness (QED) is 0.685. The van der Waals surface area contributed by atoms with Crippen LogP contribution >= 0.6 is 0 Å². The molecule has 0 bridgehead atoms. The topological polar surface area (TPSA) is 92.7 Å². The van der Waals surface area contributed by atoms with E-state index >= 15 is 0 Å². The van der Waals surface area contributed by atoms with E-state index in [2.05, 4.69) is 25.0 Å². The number of oxazole rings is 1. The number of fused-ring (bicyclic) bond motifs is 1. The number of hydrogen-bond acceptors (Lipinski definition) is 7. The largest absolute Gasteiger partial charge is 0.435 e. The van der Waals surface area contributed by atoms with Crippen molar-refractivity contribution in [3.63, 3.8) is 0 Å². The average Bonchev–Trinajstić information content (AvgIpc) is 3.17. The smallest absolute Gasteiger partial charge is 0.291 e. The lowest BCUT2D eigenvalue weighted by Gasteiger charge is -2.20. The van der Waals surface area contributed by atoms with E-state index in [0.717, 1.165) is 25.3 Å². The Morgan fingerprint density at radius 2 is 2.11 bits per heavy atom. The fraction of sp³-hybridized carbons (Fsp3) is 0.500. The van der Waals surface area contributed by atoms with Crippen LogP contribution in [0.3, 0.4) is 0 Å². The van der Waals surface area contributed by atoms with Gasteiger partial charge in [0.25, 0.3) is 11.7 Å². The van der Waals surface area contributed by atoms with E-state index in [1.165, 1.54) is 0 Å². The van der Waals surface area contributed by atoms with Crippen molar-refractivity contribution in [1.29, 1.82) is 0 Å². The first-order chi connectivity index (χ1) is 13.1. The van der Waals surface area contributed by atoms with Gasteiger partial charge in [0.1, 0.15) is 0 Å². The van der Waals surface area contributed by atoms with Crippen LogP contribution < -0.4 is 0 Å². The molecule has 1 amide bonds. The number of carbonyl (C=O) groups excluding carboxylic acids is 1. The van der Waals surface area contributed by atoms with Crippen LogP contribution in [0.15, 0.2) is 22.9 Å². The molecule has 9 heteroatoms. The van der Waals surface area contributed by atoms with E-state index in [9.17, 15) is 4.79 Å². The summed E-state index contributed by atoms with van der Waals surface area (Å²) in [5.41, 5.74) is 0.666. The van der Waals surface area contributed by atoms with Gasteiger partial charge in [0, 0.05) is 45.0 Å². The number of aromatic nitrogens is 5. The van der Waals surface area contributed by atoms with E-state index in [1.54, 1.807) is 10.7 Å². The summed E-state index contributed by atoms with van der Waals surface area (Å²) >= 11 is 0. The van der Waals surface area contributed by atoms with Crippen molar-refractivity contribution < 1.29 is 9.21 Å². The van der Waals surface area contributed by atoms with Gasteiger partial charge < -0.3 is 9.32 Å². The van der Waals surface area contributed by atoms with Gasteiger partial charge in [-0.05, 0) is 19.4 Å². The summed E-state index contributed by atoms with van der Waals surface area (Å²) in [5.74, 6) is 2.25. The molecule has 0 atom stereocenters. The van der Waals surface area contributed by atoms with Crippen molar-refractivity contribution in [2.45, 2.75) is 33.2 Å². The summed E-state index contributed by atoms with van der Waals surface area (Å²) in [6.07, 6.45) is 5.12. The summed E-state index contributed by atoms with van der Waals surface area (Å²) in [5, 5.41) is 4.46. The number of aryl methyl sites for hydroxylation is 2.